The Balaban J connectivity index is 1.66. The second-order valence-corrected chi connectivity index (χ2v) is 7.95. The van der Waals surface area contributed by atoms with Gasteiger partial charge in [0.05, 0.1) is 16.7 Å². The molecule has 0 aliphatic rings. The average molecular weight is 465 g/mol. The fraction of sp³-hybridized carbons (Fsp3) is 0.0357. The molecule has 7 heteroatoms. The molecule has 0 radical (unpaired) electrons. The van der Waals surface area contributed by atoms with E-state index < -0.39 is 17.7 Å². The van der Waals surface area contributed by atoms with Crippen molar-refractivity contribution in [2.24, 2.45) is 0 Å². The summed E-state index contributed by atoms with van der Waals surface area (Å²) in [7, 11) is 0. The molecule has 5 rings (SSSR count). The highest BCUT2D eigenvalue weighted by atomic mass is 19.1. The Morgan fingerprint density at radius 3 is 2.43 bits per heavy atom. The molecule has 172 valence electrons. The number of aromatic amines is 1. The average Bonchev–Trinajstić information content (AvgIpc) is 3.32. The molecule has 0 spiro atoms. The van der Waals surface area contributed by atoms with E-state index in [-0.39, 0.29) is 28.3 Å². The first-order valence-electron chi connectivity index (χ1n) is 10.9. The van der Waals surface area contributed by atoms with E-state index in [0.29, 0.717) is 22.3 Å². The molecule has 0 amide bonds. The smallest absolute Gasteiger partial charge is 0.200 e. The second kappa shape index (κ2) is 9.32. The molecule has 0 bridgehead atoms. The van der Waals surface area contributed by atoms with E-state index in [9.17, 15) is 19.4 Å². The number of hydrogen-bond donors (Lipinski definition) is 3. The molecule has 2 heterocycles. The van der Waals surface area contributed by atoms with Crippen LogP contribution in [0, 0.1) is 5.82 Å². The van der Waals surface area contributed by atoms with Gasteiger partial charge < -0.3 is 15.2 Å². The maximum atomic E-state index is 13.9. The van der Waals surface area contributed by atoms with E-state index in [1.165, 1.54) is 18.2 Å². The van der Waals surface area contributed by atoms with Crippen molar-refractivity contribution in [3.05, 3.63) is 131 Å². The van der Waals surface area contributed by atoms with E-state index >= 15 is 0 Å². The first-order valence-corrected chi connectivity index (χ1v) is 10.9. The number of nitrogens with zero attached hydrogens (tertiary/aromatic N) is 2. The Morgan fingerprint density at radius 2 is 1.66 bits per heavy atom. The Bertz CT molecular complexity index is 1530. The number of halogens is 1. The van der Waals surface area contributed by atoms with E-state index in [1.807, 2.05) is 12.1 Å². The maximum Gasteiger partial charge on any atom is 0.200 e. The van der Waals surface area contributed by atoms with E-state index in [2.05, 4.69) is 15.0 Å². The van der Waals surface area contributed by atoms with Gasteiger partial charge in [-0.3, -0.25) is 9.78 Å². The molecule has 0 fully saturated rings. The largest absolute Gasteiger partial charge is 0.506 e. The monoisotopic (exact) mass is 465 g/mol. The molecule has 5 aromatic rings. The normalized spacial score (nSPS) is 12.9. The van der Waals surface area contributed by atoms with Gasteiger partial charge in [-0.1, -0.05) is 48.5 Å². The third kappa shape index (κ3) is 4.45. The molecule has 0 aliphatic carbocycles. The summed E-state index contributed by atoms with van der Waals surface area (Å²) in [6, 6.07) is 24.2. The highest BCUT2D eigenvalue weighted by Gasteiger charge is 2.24. The van der Waals surface area contributed by atoms with Crippen molar-refractivity contribution < 1.29 is 19.4 Å². The summed E-state index contributed by atoms with van der Waals surface area (Å²) in [5.41, 5.74) is 2.46. The van der Waals surface area contributed by atoms with Crippen molar-refractivity contribution in [3.63, 3.8) is 0 Å². The van der Waals surface area contributed by atoms with Crippen molar-refractivity contribution in [3.8, 4) is 0 Å². The third-order valence-electron chi connectivity index (χ3n) is 5.62. The van der Waals surface area contributed by atoms with Gasteiger partial charge in [0.2, 0.25) is 5.78 Å². The lowest BCUT2D eigenvalue weighted by molar-refractivity contribution is 0.105. The summed E-state index contributed by atoms with van der Waals surface area (Å²) in [5.74, 6) is -1.38. The molecule has 6 nitrogen and oxygen atoms in total. The summed E-state index contributed by atoms with van der Waals surface area (Å²) in [4.78, 5) is 25.3. The van der Waals surface area contributed by atoms with Crippen molar-refractivity contribution >= 4 is 28.1 Å². The van der Waals surface area contributed by atoms with Gasteiger partial charge in [0.15, 0.2) is 0 Å². The summed E-state index contributed by atoms with van der Waals surface area (Å²) < 4.78 is 13.9. The Labute approximate surface area is 200 Å². The quantitative estimate of drug-likeness (QED) is 0.175. The molecular formula is C28H20FN3O3. The van der Waals surface area contributed by atoms with Crippen molar-refractivity contribution in [1.82, 2.24) is 15.0 Å². The Kier molecular flexibility index (Phi) is 5.91. The van der Waals surface area contributed by atoms with Crippen LogP contribution in [0.15, 0.2) is 97.2 Å². The first-order chi connectivity index (χ1) is 17.0. The van der Waals surface area contributed by atoms with Gasteiger partial charge in [0, 0.05) is 17.3 Å². The van der Waals surface area contributed by atoms with Crippen molar-refractivity contribution in [1.29, 1.82) is 0 Å². The van der Waals surface area contributed by atoms with Gasteiger partial charge in [-0.15, -0.1) is 0 Å². The van der Waals surface area contributed by atoms with Crippen LogP contribution in [0.25, 0.3) is 22.4 Å². The molecule has 35 heavy (non-hydrogen) atoms. The van der Waals surface area contributed by atoms with Crippen LogP contribution in [0.4, 0.5) is 4.39 Å². The number of H-pyrrole nitrogens is 1. The molecule has 2 aromatic heterocycles. The zero-order chi connectivity index (χ0) is 24.4. The highest BCUT2D eigenvalue weighted by Crippen LogP contribution is 2.30. The number of para-hydroxylation sites is 2. The number of aromatic nitrogens is 3. The van der Waals surface area contributed by atoms with Crippen LogP contribution < -0.4 is 0 Å². The molecule has 0 saturated heterocycles. The van der Waals surface area contributed by atoms with Crippen LogP contribution in [0.2, 0.25) is 0 Å². The van der Waals surface area contributed by atoms with Crippen LogP contribution >= 0.6 is 0 Å². The lowest BCUT2D eigenvalue weighted by atomic mass is 9.96. The number of carbonyl (C=O) groups excluding carboxylic acids is 1. The molecule has 1 atom stereocenters. The van der Waals surface area contributed by atoms with Crippen LogP contribution in [0.5, 0.6) is 0 Å². The molecule has 3 N–H and O–H groups in total. The topological polar surface area (TPSA) is 99.1 Å². The Morgan fingerprint density at radius 1 is 0.886 bits per heavy atom. The minimum Gasteiger partial charge on any atom is -0.506 e. The number of benzene rings is 3. The molecule has 1 unspecified atom stereocenters. The highest BCUT2D eigenvalue weighted by molar-refractivity contribution is 6.33. The number of rotatable bonds is 6. The van der Waals surface area contributed by atoms with Crippen LogP contribution in [-0.2, 0) is 0 Å². The number of carbonyl (C=O) groups is 1. The predicted octanol–water partition coefficient (Wildman–Crippen LogP) is 5.49. The first kappa shape index (κ1) is 22.2. The van der Waals surface area contributed by atoms with E-state index in [1.54, 1.807) is 60.8 Å². The summed E-state index contributed by atoms with van der Waals surface area (Å²) >= 11 is 0. The number of aliphatic hydroxyl groups excluding tert-OH is 2. The van der Waals surface area contributed by atoms with Gasteiger partial charge >= 0.3 is 0 Å². The van der Waals surface area contributed by atoms with Crippen LogP contribution in [-0.4, -0.2) is 30.9 Å². The summed E-state index contributed by atoms with van der Waals surface area (Å²) in [6.45, 7) is 0. The number of Topliss-reactive ketones (excluding diaryl/α,β-unsaturated/α-hetero) is 1. The minimum absolute atomic E-state index is 0.0664. The number of hydrogen-bond acceptors (Lipinski definition) is 5. The van der Waals surface area contributed by atoms with E-state index in [4.69, 9.17) is 0 Å². The molecule has 3 aromatic carbocycles. The van der Waals surface area contributed by atoms with Crippen molar-refractivity contribution in [2.45, 2.75) is 6.10 Å². The fourth-order valence-electron chi connectivity index (χ4n) is 3.88. The zero-order valence-electron chi connectivity index (χ0n) is 18.4. The van der Waals surface area contributed by atoms with E-state index in [0.717, 1.165) is 6.07 Å². The SMILES string of the molecule is O=C(/C(=C(/O)c1cccc(C(O)c2ccccn2)c1)c1nc2ccccc2[nH]1)c1cccc(F)c1. The summed E-state index contributed by atoms with van der Waals surface area (Å²) in [6.07, 6.45) is 0.550. The minimum atomic E-state index is -1.03. The number of aliphatic hydroxyl groups is 2. The lowest BCUT2D eigenvalue weighted by Gasteiger charge is -2.13. The van der Waals surface area contributed by atoms with Crippen LogP contribution in [0.3, 0.4) is 0 Å². The van der Waals surface area contributed by atoms with Gasteiger partial charge in [-0.05, 0) is 48.0 Å². The number of fused-ring (bicyclic) bond motifs is 1. The summed E-state index contributed by atoms with van der Waals surface area (Å²) in [5, 5.41) is 22.1. The standard InChI is InChI=1S/C28H20FN3O3/c29-20-10-6-9-19(16-20)27(35)24(28-31-21-11-1-2-12-22(21)32-28)26(34)18-8-5-7-17(15-18)25(33)23-13-3-4-14-30-23/h1-16,25,33-34H,(H,31,32)/b26-24-. The van der Waals surface area contributed by atoms with Crippen molar-refractivity contribution in [2.75, 3.05) is 0 Å². The number of nitrogens with one attached hydrogen (secondary N) is 1. The van der Waals surface area contributed by atoms with Crippen LogP contribution in [0.1, 0.15) is 39.1 Å². The number of imidazole rings is 1. The second-order valence-electron chi connectivity index (χ2n) is 7.95. The molecular weight excluding hydrogens is 445 g/mol. The van der Waals surface area contributed by atoms with Gasteiger partial charge in [0.25, 0.3) is 0 Å². The molecule has 0 saturated carbocycles. The Hall–Kier alpha value is -4.62. The van der Waals surface area contributed by atoms with Gasteiger partial charge in [-0.25, -0.2) is 9.37 Å². The fourth-order valence-corrected chi connectivity index (χ4v) is 3.88. The number of pyridine rings is 1. The van der Waals surface area contributed by atoms with Gasteiger partial charge in [0.1, 0.15) is 29.1 Å². The number of ketones is 1. The number of allylic oxidation sites excluding steroid dienone is 1. The molecule has 0 aliphatic heterocycles. The predicted molar refractivity (Wildman–Crippen MR) is 131 cm³/mol. The van der Waals surface area contributed by atoms with Gasteiger partial charge in [-0.2, -0.15) is 0 Å². The maximum absolute atomic E-state index is 13.9. The third-order valence-corrected chi connectivity index (χ3v) is 5.62. The lowest BCUT2D eigenvalue weighted by Crippen LogP contribution is -2.08. The zero-order valence-corrected chi connectivity index (χ0v) is 18.4.